The van der Waals surface area contributed by atoms with Crippen LogP contribution in [-0.4, -0.2) is 11.7 Å². The summed E-state index contributed by atoms with van der Waals surface area (Å²) in [5, 5.41) is 0. The van der Waals surface area contributed by atoms with Gasteiger partial charge in [-0.2, -0.15) is 0 Å². The first kappa shape index (κ1) is 11.0. The van der Waals surface area contributed by atoms with Crippen molar-refractivity contribution in [3.05, 3.63) is 0 Å². The van der Waals surface area contributed by atoms with E-state index >= 15 is 0 Å². The standard InChI is InChI=1S/C3H6O.C2H6N2O/c1-3(2)4;1-2(5)4-3/h1-2H3;3H2,1H3,(H,4,5). The Morgan fingerprint density at radius 2 is 1.33 bits per heavy atom. The van der Waals surface area contributed by atoms with Crippen molar-refractivity contribution in [3.63, 3.8) is 0 Å². The largest absolute Gasteiger partial charge is 0.300 e. The van der Waals surface area contributed by atoms with Crippen molar-refractivity contribution in [1.82, 2.24) is 5.43 Å². The van der Waals surface area contributed by atoms with Crippen LogP contribution in [0.25, 0.3) is 0 Å². The normalized spacial score (nSPS) is 6.67. The van der Waals surface area contributed by atoms with Crippen LogP contribution >= 0.6 is 0 Å². The molecule has 0 aliphatic carbocycles. The van der Waals surface area contributed by atoms with Crippen LogP contribution in [0, 0.1) is 0 Å². The average Bonchev–Trinajstić information content (AvgIpc) is 1.65. The highest BCUT2D eigenvalue weighted by Crippen LogP contribution is 1.50. The number of nitrogens with two attached hydrogens (primary N) is 1. The number of carbonyl (C=O) groups is 2. The van der Waals surface area contributed by atoms with Crippen molar-refractivity contribution in [2.75, 3.05) is 0 Å². The fourth-order valence-corrected chi connectivity index (χ4v) is 0. The molecule has 1 amide bonds. The summed E-state index contributed by atoms with van der Waals surface area (Å²) in [4.78, 5) is 19.0. The topological polar surface area (TPSA) is 72.2 Å². The highest BCUT2D eigenvalue weighted by atomic mass is 16.2. The Morgan fingerprint density at radius 3 is 1.33 bits per heavy atom. The molecule has 0 aromatic heterocycles. The number of rotatable bonds is 0. The summed E-state index contributed by atoms with van der Waals surface area (Å²) in [6.07, 6.45) is 0. The third-order valence-corrected chi connectivity index (χ3v) is 0.203. The lowest BCUT2D eigenvalue weighted by Gasteiger charge is -1.80. The van der Waals surface area contributed by atoms with E-state index in [0.717, 1.165) is 0 Å². The van der Waals surface area contributed by atoms with E-state index in [0.29, 0.717) is 0 Å². The first-order chi connectivity index (χ1) is 4.00. The molecule has 0 rings (SSSR count). The van der Waals surface area contributed by atoms with Gasteiger partial charge in [-0.15, -0.1) is 0 Å². The molecule has 0 spiro atoms. The van der Waals surface area contributed by atoms with E-state index in [9.17, 15) is 9.59 Å². The molecule has 3 N–H and O–H groups in total. The van der Waals surface area contributed by atoms with Gasteiger partial charge in [-0.3, -0.25) is 10.2 Å². The first-order valence-corrected chi connectivity index (χ1v) is 2.45. The van der Waals surface area contributed by atoms with Crippen molar-refractivity contribution < 1.29 is 9.59 Å². The molecule has 0 unspecified atom stereocenters. The molecule has 0 atom stereocenters. The average molecular weight is 132 g/mol. The fourth-order valence-electron chi connectivity index (χ4n) is 0. The van der Waals surface area contributed by atoms with Gasteiger partial charge in [0.25, 0.3) is 0 Å². The lowest BCUT2D eigenvalue weighted by Crippen LogP contribution is -2.26. The molecule has 0 fully saturated rings. The van der Waals surface area contributed by atoms with Crippen molar-refractivity contribution in [1.29, 1.82) is 0 Å². The lowest BCUT2D eigenvalue weighted by molar-refractivity contribution is -0.119. The van der Waals surface area contributed by atoms with E-state index < -0.39 is 0 Å². The van der Waals surface area contributed by atoms with Gasteiger partial charge in [0, 0.05) is 6.92 Å². The molecule has 0 heterocycles. The van der Waals surface area contributed by atoms with Crippen molar-refractivity contribution in [2.45, 2.75) is 20.8 Å². The van der Waals surface area contributed by atoms with Crippen LogP contribution < -0.4 is 11.3 Å². The van der Waals surface area contributed by atoms with Gasteiger partial charge in [0.2, 0.25) is 5.91 Å². The van der Waals surface area contributed by atoms with E-state index in [1.807, 2.05) is 5.43 Å². The van der Waals surface area contributed by atoms with E-state index in [2.05, 4.69) is 5.84 Å². The van der Waals surface area contributed by atoms with Gasteiger partial charge in [-0.25, -0.2) is 5.84 Å². The quantitative estimate of drug-likeness (QED) is 0.267. The van der Waals surface area contributed by atoms with Crippen LogP contribution in [0.4, 0.5) is 0 Å². The first-order valence-electron chi connectivity index (χ1n) is 2.45. The second-order valence-electron chi connectivity index (χ2n) is 1.61. The summed E-state index contributed by atoms with van der Waals surface area (Å²) in [5.41, 5.74) is 1.89. The van der Waals surface area contributed by atoms with E-state index in [1.54, 1.807) is 0 Å². The van der Waals surface area contributed by atoms with Crippen LogP contribution in [0.2, 0.25) is 0 Å². The third-order valence-electron chi connectivity index (χ3n) is 0.203. The molecule has 0 bridgehead atoms. The van der Waals surface area contributed by atoms with Gasteiger partial charge in [-0.05, 0) is 13.8 Å². The molecule has 54 valence electrons. The molecule has 0 aliphatic rings. The maximum absolute atomic E-state index is 9.58. The van der Waals surface area contributed by atoms with Gasteiger partial charge < -0.3 is 4.79 Å². The fraction of sp³-hybridized carbons (Fsp3) is 0.600. The summed E-state index contributed by atoms with van der Waals surface area (Å²) >= 11 is 0. The maximum atomic E-state index is 9.58. The predicted molar refractivity (Wildman–Crippen MR) is 34.4 cm³/mol. The maximum Gasteiger partial charge on any atom is 0.230 e. The minimum atomic E-state index is -0.218. The van der Waals surface area contributed by atoms with Crippen molar-refractivity contribution >= 4 is 11.7 Å². The molecule has 0 aromatic rings. The number of hydrogen-bond donors (Lipinski definition) is 2. The minimum Gasteiger partial charge on any atom is -0.300 e. The number of hydrazine groups is 1. The molecule has 0 saturated carbocycles. The van der Waals surface area contributed by atoms with Gasteiger partial charge >= 0.3 is 0 Å². The zero-order chi connectivity index (χ0) is 7.86. The summed E-state index contributed by atoms with van der Waals surface area (Å²) in [7, 11) is 0. The van der Waals surface area contributed by atoms with Crippen molar-refractivity contribution in [2.24, 2.45) is 5.84 Å². The van der Waals surface area contributed by atoms with Gasteiger partial charge in [0.1, 0.15) is 5.78 Å². The second-order valence-corrected chi connectivity index (χ2v) is 1.61. The van der Waals surface area contributed by atoms with E-state index in [1.165, 1.54) is 20.8 Å². The molecule has 0 saturated heterocycles. The van der Waals surface area contributed by atoms with Crippen LogP contribution in [0.5, 0.6) is 0 Å². The molecular weight excluding hydrogens is 120 g/mol. The van der Waals surface area contributed by atoms with Crippen LogP contribution in [0.3, 0.4) is 0 Å². The smallest absolute Gasteiger partial charge is 0.230 e. The Morgan fingerprint density at radius 1 is 1.22 bits per heavy atom. The molecule has 0 radical (unpaired) electrons. The molecule has 0 aliphatic heterocycles. The molecule has 4 heteroatoms. The summed E-state index contributed by atoms with van der Waals surface area (Å²) < 4.78 is 0. The van der Waals surface area contributed by atoms with Crippen LogP contribution in [0.15, 0.2) is 0 Å². The van der Waals surface area contributed by atoms with Crippen LogP contribution in [0.1, 0.15) is 20.8 Å². The van der Waals surface area contributed by atoms with Gasteiger partial charge in [-0.1, -0.05) is 0 Å². The van der Waals surface area contributed by atoms with Crippen molar-refractivity contribution in [3.8, 4) is 0 Å². The van der Waals surface area contributed by atoms with Gasteiger partial charge in [0.15, 0.2) is 0 Å². The molecule has 0 aromatic carbocycles. The zero-order valence-corrected chi connectivity index (χ0v) is 5.89. The summed E-state index contributed by atoms with van der Waals surface area (Å²) in [5.74, 6) is 4.52. The Labute approximate surface area is 54.4 Å². The molecule has 9 heavy (non-hydrogen) atoms. The zero-order valence-electron chi connectivity index (χ0n) is 5.89. The molecular formula is C5H12N2O2. The Hall–Kier alpha value is -0.900. The number of Topliss-reactive ketones (excluding diaryl/α,β-unsaturated/α-hetero) is 1. The summed E-state index contributed by atoms with van der Waals surface area (Å²) in [6.45, 7) is 4.40. The van der Waals surface area contributed by atoms with E-state index in [4.69, 9.17) is 0 Å². The second kappa shape index (κ2) is 7.10. The predicted octanol–water partition coefficient (Wildman–Crippen LogP) is -0.409. The number of ketones is 1. The number of hydrogen-bond acceptors (Lipinski definition) is 3. The number of amides is 1. The lowest BCUT2D eigenvalue weighted by atomic mass is 10.6. The Bertz CT molecular complexity index is 97.1. The monoisotopic (exact) mass is 132 g/mol. The van der Waals surface area contributed by atoms with Crippen LogP contribution in [-0.2, 0) is 9.59 Å². The number of nitrogens with one attached hydrogen (secondary N) is 1. The highest BCUT2D eigenvalue weighted by Gasteiger charge is 1.73. The van der Waals surface area contributed by atoms with Gasteiger partial charge in [0.05, 0.1) is 0 Å². The Balaban J connectivity index is 0. The van der Waals surface area contributed by atoms with E-state index in [-0.39, 0.29) is 11.7 Å². The SMILES string of the molecule is CC(=O)NN.CC(C)=O. The highest BCUT2D eigenvalue weighted by molar-refractivity contribution is 5.72. The Kier molecular flexibility index (Phi) is 8.66. The third kappa shape index (κ3) is 153. The summed E-state index contributed by atoms with van der Waals surface area (Å²) in [6, 6.07) is 0. The minimum absolute atomic E-state index is 0.167. The number of carbonyl (C=O) groups excluding carboxylic acids is 2. The molecule has 4 nitrogen and oxygen atoms in total.